The van der Waals surface area contributed by atoms with Gasteiger partial charge in [0.2, 0.25) is 5.88 Å². The molecule has 1 rings (SSSR count). The second-order valence-corrected chi connectivity index (χ2v) is 4.33. The van der Waals surface area contributed by atoms with Gasteiger partial charge in [-0.05, 0) is 19.4 Å². The Hall–Kier alpha value is -2.14. The molecule has 21 heavy (non-hydrogen) atoms. The molecule has 0 aliphatic carbocycles. The fraction of sp³-hybridized carbons (Fsp3) is 0.267. The Bertz CT molecular complexity index is 594. The quantitative estimate of drug-likeness (QED) is 0.265. The van der Waals surface area contributed by atoms with E-state index in [0.29, 0.717) is 17.8 Å². The molecule has 0 bridgehead atoms. The summed E-state index contributed by atoms with van der Waals surface area (Å²) in [6.45, 7) is 7.48. The Morgan fingerprint density at radius 2 is 2.19 bits per heavy atom. The molecule has 0 fully saturated rings. The summed E-state index contributed by atoms with van der Waals surface area (Å²) in [7, 11) is 1.31. The number of hydrogen-bond acceptors (Lipinski definition) is 5. The number of carbonyl (C=O) groups excluding carboxylic acids is 1. The summed E-state index contributed by atoms with van der Waals surface area (Å²) in [6.07, 6.45) is 5.36. The maximum absolute atomic E-state index is 11.6. The van der Waals surface area contributed by atoms with Crippen LogP contribution < -0.4 is 4.74 Å². The highest BCUT2D eigenvalue weighted by Crippen LogP contribution is 2.23. The number of aromatic nitrogens is 2. The zero-order valence-corrected chi connectivity index (χ0v) is 13.0. The van der Waals surface area contributed by atoms with Crippen molar-refractivity contribution in [3.63, 3.8) is 0 Å². The van der Waals surface area contributed by atoms with Gasteiger partial charge in [-0.15, -0.1) is 0 Å². The van der Waals surface area contributed by atoms with Gasteiger partial charge in [0.15, 0.2) is 0 Å². The molecule has 0 aromatic carbocycles. The number of methoxy groups -OCH3 is 1. The highest BCUT2D eigenvalue weighted by atomic mass is 35.5. The molecule has 0 radical (unpaired) electrons. The van der Waals surface area contributed by atoms with Gasteiger partial charge in [0, 0.05) is 11.6 Å². The lowest BCUT2D eigenvalue weighted by Crippen LogP contribution is -2.09. The first-order valence-corrected chi connectivity index (χ1v) is 6.70. The molecule has 0 atom stereocenters. The Kier molecular flexibility index (Phi) is 6.62. The summed E-state index contributed by atoms with van der Waals surface area (Å²) >= 11 is 5.80. The highest BCUT2D eigenvalue weighted by molar-refractivity contribution is 6.29. The van der Waals surface area contributed by atoms with Crippen LogP contribution in [0.25, 0.3) is 0 Å². The summed E-state index contributed by atoms with van der Waals surface area (Å²) in [5.41, 5.74) is 0.878. The van der Waals surface area contributed by atoms with E-state index >= 15 is 0 Å². The Morgan fingerprint density at radius 1 is 1.48 bits per heavy atom. The first kappa shape index (κ1) is 16.9. The third-order valence-corrected chi connectivity index (χ3v) is 2.79. The molecule has 1 aromatic heterocycles. The Labute approximate surface area is 129 Å². The van der Waals surface area contributed by atoms with Gasteiger partial charge in [0.05, 0.1) is 12.7 Å². The molecule has 0 saturated heterocycles. The van der Waals surface area contributed by atoms with Gasteiger partial charge in [-0.2, -0.15) is 0 Å². The van der Waals surface area contributed by atoms with Crippen LogP contribution >= 0.6 is 11.6 Å². The van der Waals surface area contributed by atoms with E-state index in [1.165, 1.54) is 19.5 Å². The molecule has 0 saturated carbocycles. The summed E-state index contributed by atoms with van der Waals surface area (Å²) in [6, 6.07) is 1.49. The standard InChI is InChI=1S/C15H17ClN2O3/c1-5-7-12(11(6-2)10(3)15(19)20-4)21-14-8-13(16)17-9-18-14/h5,7-9H,3,6H2,1-2,4H3/b7-5-,12-11-. The summed E-state index contributed by atoms with van der Waals surface area (Å²) in [5, 5.41) is 0.268. The third-order valence-electron chi connectivity index (χ3n) is 2.59. The van der Waals surface area contributed by atoms with Crippen molar-refractivity contribution in [1.82, 2.24) is 9.97 Å². The number of rotatable bonds is 6. The lowest BCUT2D eigenvalue weighted by atomic mass is 10.0. The maximum atomic E-state index is 11.6. The van der Waals surface area contributed by atoms with Crippen molar-refractivity contribution in [2.24, 2.45) is 0 Å². The SMILES string of the molecule is C=C(C(=O)OC)/C(CC)=C(/C=C\C)Oc1cc(Cl)ncn1. The third kappa shape index (κ3) is 4.72. The largest absolute Gasteiger partial charge is 0.465 e. The molecule has 0 unspecified atom stereocenters. The van der Waals surface area contributed by atoms with Crippen LogP contribution in [-0.4, -0.2) is 23.0 Å². The summed E-state index contributed by atoms with van der Waals surface area (Å²) in [5.74, 6) is 0.245. The lowest BCUT2D eigenvalue weighted by molar-refractivity contribution is -0.135. The van der Waals surface area contributed by atoms with E-state index in [1.807, 2.05) is 13.8 Å². The molecule has 6 heteroatoms. The van der Waals surface area contributed by atoms with Crippen LogP contribution in [0.5, 0.6) is 5.88 Å². The molecule has 1 heterocycles. The number of esters is 1. The molecule has 0 aliphatic heterocycles. The predicted molar refractivity (Wildman–Crippen MR) is 81.0 cm³/mol. The maximum Gasteiger partial charge on any atom is 0.337 e. The number of ether oxygens (including phenoxy) is 2. The minimum absolute atomic E-state index is 0.244. The van der Waals surface area contributed by atoms with Crippen LogP contribution in [0.4, 0.5) is 0 Å². The minimum Gasteiger partial charge on any atom is -0.465 e. The van der Waals surface area contributed by atoms with Crippen molar-refractivity contribution in [2.75, 3.05) is 7.11 Å². The molecule has 112 valence electrons. The average Bonchev–Trinajstić information content (AvgIpc) is 2.47. The number of nitrogens with zero attached hydrogens (tertiary/aromatic N) is 2. The van der Waals surface area contributed by atoms with E-state index < -0.39 is 5.97 Å². The first-order valence-electron chi connectivity index (χ1n) is 6.32. The number of carbonyl (C=O) groups is 1. The topological polar surface area (TPSA) is 61.3 Å². The molecular formula is C15H17ClN2O3. The van der Waals surface area contributed by atoms with Crippen molar-refractivity contribution < 1.29 is 14.3 Å². The zero-order valence-electron chi connectivity index (χ0n) is 12.2. The van der Waals surface area contributed by atoms with E-state index in [2.05, 4.69) is 16.5 Å². The van der Waals surface area contributed by atoms with Crippen molar-refractivity contribution >= 4 is 17.6 Å². The Morgan fingerprint density at radius 3 is 2.71 bits per heavy atom. The van der Waals surface area contributed by atoms with Crippen LogP contribution in [-0.2, 0) is 9.53 Å². The van der Waals surface area contributed by atoms with Gasteiger partial charge < -0.3 is 9.47 Å². The van der Waals surface area contributed by atoms with Gasteiger partial charge in [0.1, 0.15) is 17.2 Å². The highest BCUT2D eigenvalue weighted by Gasteiger charge is 2.16. The van der Waals surface area contributed by atoms with Crippen molar-refractivity contribution in [3.05, 3.63) is 53.2 Å². The minimum atomic E-state index is -0.502. The van der Waals surface area contributed by atoms with Crippen LogP contribution in [0.3, 0.4) is 0 Å². The van der Waals surface area contributed by atoms with E-state index in [9.17, 15) is 4.79 Å². The fourth-order valence-corrected chi connectivity index (χ4v) is 1.75. The smallest absolute Gasteiger partial charge is 0.337 e. The molecule has 0 amide bonds. The Balaban J connectivity index is 3.21. The van der Waals surface area contributed by atoms with Crippen molar-refractivity contribution in [2.45, 2.75) is 20.3 Å². The molecular weight excluding hydrogens is 292 g/mol. The van der Waals surface area contributed by atoms with Crippen LogP contribution in [0.15, 0.2) is 48.0 Å². The number of hydrogen-bond donors (Lipinski definition) is 0. The van der Waals surface area contributed by atoms with E-state index in [4.69, 9.17) is 21.1 Å². The molecule has 0 spiro atoms. The van der Waals surface area contributed by atoms with Crippen LogP contribution in [0.2, 0.25) is 5.15 Å². The van der Waals surface area contributed by atoms with Crippen LogP contribution in [0, 0.1) is 0 Å². The predicted octanol–water partition coefficient (Wildman–Crippen LogP) is 3.48. The second-order valence-electron chi connectivity index (χ2n) is 3.95. The summed E-state index contributed by atoms with van der Waals surface area (Å²) < 4.78 is 10.4. The number of halogens is 1. The monoisotopic (exact) mass is 308 g/mol. The second kappa shape index (κ2) is 8.21. The van der Waals surface area contributed by atoms with Crippen LogP contribution in [0.1, 0.15) is 20.3 Å². The van der Waals surface area contributed by atoms with Gasteiger partial charge >= 0.3 is 5.97 Å². The van der Waals surface area contributed by atoms with E-state index in [1.54, 1.807) is 12.2 Å². The van der Waals surface area contributed by atoms with Crippen molar-refractivity contribution in [3.8, 4) is 5.88 Å². The fourth-order valence-electron chi connectivity index (χ4n) is 1.62. The van der Waals surface area contributed by atoms with Gasteiger partial charge in [-0.1, -0.05) is 31.2 Å². The van der Waals surface area contributed by atoms with E-state index in [0.717, 1.165) is 0 Å². The molecule has 0 aliphatic rings. The first-order chi connectivity index (χ1) is 10.0. The molecule has 5 nitrogen and oxygen atoms in total. The molecule has 1 aromatic rings. The lowest BCUT2D eigenvalue weighted by Gasteiger charge is -2.13. The van der Waals surface area contributed by atoms with E-state index in [-0.39, 0.29) is 16.6 Å². The molecule has 0 N–H and O–H groups in total. The zero-order chi connectivity index (χ0) is 15.8. The van der Waals surface area contributed by atoms with Gasteiger partial charge in [-0.25, -0.2) is 14.8 Å². The summed E-state index contributed by atoms with van der Waals surface area (Å²) in [4.78, 5) is 19.4. The normalized spacial score (nSPS) is 12.0. The van der Waals surface area contributed by atoms with Gasteiger partial charge in [0.25, 0.3) is 0 Å². The average molecular weight is 309 g/mol. The number of allylic oxidation sites excluding steroid dienone is 2. The van der Waals surface area contributed by atoms with Gasteiger partial charge in [-0.3, -0.25) is 0 Å². The van der Waals surface area contributed by atoms with Crippen molar-refractivity contribution in [1.29, 1.82) is 0 Å².